The summed E-state index contributed by atoms with van der Waals surface area (Å²) in [5.41, 5.74) is 9.96. The Morgan fingerprint density at radius 2 is 2.11 bits per heavy atom. The van der Waals surface area contributed by atoms with Gasteiger partial charge in [0.1, 0.15) is 0 Å². The van der Waals surface area contributed by atoms with Crippen molar-refractivity contribution >= 4 is 29.1 Å². The Morgan fingerprint density at radius 3 is 2.79 bits per heavy atom. The number of hydrogen-bond acceptors (Lipinski definition) is 3. The fourth-order valence-corrected chi connectivity index (χ4v) is 3.29. The first-order valence-electron chi connectivity index (χ1n) is 6.23. The quantitative estimate of drug-likeness (QED) is 0.683. The van der Waals surface area contributed by atoms with E-state index in [9.17, 15) is 0 Å². The van der Waals surface area contributed by atoms with Gasteiger partial charge in [-0.15, -0.1) is 11.8 Å². The fraction of sp³-hybridized carbons (Fsp3) is 0.357. The van der Waals surface area contributed by atoms with E-state index >= 15 is 0 Å². The van der Waals surface area contributed by atoms with Gasteiger partial charge in [0.15, 0.2) is 0 Å². The number of nitrogens with zero attached hydrogens (tertiary/aromatic N) is 2. The molecule has 0 radical (unpaired) electrons. The highest BCUT2D eigenvalue weighted by molar-refractivity contribution is 7.98. The predicted octanol–water partition coefficient (Wildman–Crippen LogP) is 4.05. The average Bonchev–Trinajstić information content (AvgIpc) is 2.66. The number of nitrogens with two attached hydrogens (primary N) is 1. The summed E-state index contributed by atoms with van der Waals surface area (Å²) >= 11 is 8.00. The van der Waals surface area contributed by atoms with E-state index in [2.05, 4.69) is 25.0 Å². The van der Waals surface area contributed by atoms with Crippen molar-refractivity contribution in [2.24, 2.45) is 0 Å². The molecule has 1 heterocycles. The molecule has 1 aromatic heterocycles. The third-order valence-corrected chi connectivity index (χ3v) is 4.56. The van der Waals surface area contributed by atoms with Crippen molar-refractivity contribution in [3.63, 3.8) is 0 Å². The van der Waals surface area contributed by atoms with Gasteiger partial charge in [0.25, 0.3) is 0 Å². The molecule has 3 nitrogen and oxygen atoms in total. The molecule has 0 spiro atoms. The Bertz CT molecular complexity index is 593. The summed E-state index contributed by atoms with van der Waals surface area (Å²) in [6.07, 6.45) is 0. The van der Waals surface area contributed by atoms with Crippen LogP contribution in [0.15, 0.2) is 23.1 Å². The molecule has 2 N–H and O–H groups in total. The maximum atomic E-state index is 6.30. The summed E-state index contributed by atoms with van der Waals surface area (Å²) in [6, 6.07) is 6.07. The molecule has 102 valence electrons. The molecule has 0 aliphatic rings. The Kier molecular flexibility index (Phi) is 4.42. The van der Waals surface area contributed by atoms with Gasteiger partial charge in [0.05, 0.1) is 16.4 Å². The van der Waals surface area contributed by atoms with Gasteiger partial charge in [-0.25, -0.2) is 0 Å². The number of benzene rings is 1. The lowest BCUT2D eigenvalue weighted by Crippen LogP contribution is -2.02. The summed E-state index contributed by atoms with van der Waals surface area (Å²) in [7, 11) is 0. The molecule has 2 aromatic rings. The molecule has 0 saturated carbocycles. The molecule has 0 aliphatic carbocycles. The number of anilines is 1. The number of rotatable bonds is 4. The summed E-state index contributed by atoms with van der Waals surface area (Å²) in [5.74, 6) is 0.779. The van der Waals surface area contributed by atoms with Gasteiger partial charge in [-0.05, 0) is 38.5 Å². The van der Waals surface area contributed by atoms with Crippen molar-refractivity contribution in [3.05, 3.63) is 40.2 Å². The van der Waals surface area contributed by atoms with Crippen LogP contribution < -0.4 is 5.73 Å². The van der Waals surface area contributed by atoms with Gasteiger partial charge in [0, 0.05) is 22.9 Å². The summed E-state index contributed by atoms with van der Waals surface area (Å²) in [6.45, 7) is 6.89. The standard InChI is InChI=1S/C14H18ClN3S/c1-4-18-12(14(15)10(3)17-18)8-19-13-7-9(2)5-6-11(13)16/h5-7H,4,8,16H2,1-3H3. The first-order valence-corrected chi connectivity index (χ1v) is 7.60. The highest BCUT2D eigenvalue weighted by atomic mass is 35.5. The van der Waals surface area contributed by atoms with Crippen LogP contribution in [0.25, 0.3) is 0 Å². The van der Waals surface area contributed by atoms with E-state index < -0.39 is 0 Å². The van der Waals surface area contributed by atoms with Gasteiger partial charge in [-0.2, -0.15) is 5.10 Å². The Hall–Kier alpha value is -1.13. The minimum absolute atomic E-state index is 0.764. The van der Waals surface area contributed by atoms with Crippen LogP contribution in [0.4, 0.5) is 5.69 Å². The molecule has 0 fully saturated rings. The topological polar surface area (TPSA) is 43.8 Å². The summed E-state index contributed by atoms with van der Waals surface area (Å²) in [5, 5.41) is 5.19. The number of aryl methyl sites for hydroxylation is 3. The van der Waals surface area contributed by atoms with Gasteiger partial charge in [-0.3, -0.25) is 4.68 Å². The minimum atomic E-state index is 0.764. The number of nitrogen functional groups attached to an aromatic ring is 1. The highest BCUT2D eigenvalue weighted by Crippen LogP contribution is 2.32. The molecule has 0 aliphatic heterocycles. The molecule has 1 aromatic carbocycles. The van der Waals surface area contributed by atoms with Crippen molar-refractivity contribution in [3.8, 4) is 0 Å². The largest absolute Gasteiger partial charge is 0.398 e. The van der Waals surface area contributed by atoms with E-state index in [0.717, 1.165) is 39.3 Å². The van der Waals surface area contributed by atoms with Crippen LogP contribution in [0, 0.1) is 13.8 Å². The molecule has 0 atom stereocenters. The van der Waals surface area contributed by atoms with Crippen LogP contribution in [0.2, 0.25) is 5.02 Å². The lowest BCUT2D eigenvalue weighted by Gasteiger charge is -2.08. The van der Waals surface area contributed by atoms with E-state index in [-0.39, 0.29) is 0 Å². The van der Waals surface area contributed by atoms with Gasteiger partial charge in [0.2, 0.25) is 0 Å². The second-order valence-corrected chi connectivity index (χ2v) is 5.89. The maximum Gasteiger partial charge on any atom is 0.0855 e. The van der Waals surface area contributed by atoms with E-state index in [0.29, 0.717) is 0 Å². The normalized spacial score (nSPS) is 10.9. The summed E-state index contributed by atoms with van der Waals surface area (Å²) < 4.78 is 1.96. The molecule has 2 rings (SSSR count). The number of halogens is 1. The molecule has 0 bridgehead atoms. The number of hydrogen-bond donors (Lipinski definition) is 1. The SMILES string of the molecule is CCn1nc(C)c(Cl)c1CSc1cc(C)ccc1N. The molecular weight excluding hydrogens is 278 g/mol. The Labute approximate surface area is 123 Å². The van der Waals surface area contributed by atoms with Gasteiger partial charge in [-0.1, -0.05) is 17.7 Å². The molecule has 5 heteroatoms. The first kappa shape index (κ1) is 14.3. The molecule has 0 unspecified atom stereocenters. The fourth-order valence-electron chi connectivity index (χ4n) is 1.92. The third kappa shape index (κ3) is 3.07. The van der Waals surface area contributed by atoms with Crippen LogP contribution in [0.3, 0.4) is 0 Å². The van der Waals surface area contributed by atoms with Crippen molar-refractivity contribution in [2.45, 2.75) is 38.0 Å². The lowest BCUT2D eigenvalue weighted by molar-refractivity contribution is 0.632. The molecule has 0 saturated heterocycles. The molecule has 0 amide bonds. The van der Waals surface area contributed by atoms with E-state index in [4.69, 9.17) is 17.3 Å². The van der Waals surface area contributed by atoms with E-state index in [1.54, 1.807) is 11.8 Å². The van der Waals surface area contributed by atoms with Crippen molar-refractivity contribution in [1.82, 2.24) is 9.78 Å². The zero-order valence-electron chi connectivity index (χ0n) is 11.4. The molecular formula is C14H18ClN3S. The zero-order chi connectivity index (χ0) is 14.0. The predicted molar refractivity (Wildman–Crippen MR) is 82.8 cm³/mol. The second-order valence-electron chi connectivity index (χ2n) is 4.49. The third-order valence-electron chi connectivity index (χ3n) is 2.99. The van der Waals surface area contributed by atoms with Crippen LogP contribution in [-0.4, -0.2) is 9.78 Å². The van der Waals surface area contributed by atoms with Crippen molar-refractivity contribution < 1.29 is 0 Å². The zero-order valence-corrected chi connectivity index (χ0v) is 13.0. The Morgan fingerprint density at radius 1 is 1.37 bits per heavy atom. The minimum Gasteiger partial charge on any atom is -0.398 e. The number of thioether (sulfide) groups is 1. The monoisotopic (exact) mass is 295 g/mol. The maximum absolute atomic E-state index is 6.30. The van der Waals surface area contributed by atoms with E-state index in [1.807, 2.05) is 23.7 Å². The molecule has 19 heavy (non-hydrogen) atoms. The van der Waals surface area contributed by atoms with Crippen LogP contribution in [0.1, 0.15) is 23.9 Å². The van der Waals surface area contributed by atoms with Crippen LogP contribution in [0.5, 0.6) is 0 Å². The van der Waals surface area contributed by atoms with Crippen molar-refractivity contribution in [2.75, 3.05) is 5.73 Å². The van der Waals surface area contributed by atoms with E-state index in [1.165, 1.54) is 5.56 Å². The van der Waals surface area contributed by atoms with Gasteiger partial charge < -0.3 is 5.73 Å². The highest BCUT2D eigenvalue weighted by Gasteiger charge is 2.13. The van der Waals surface area contributed by atoms with Gasteiger partial charge >= 0.3 is 0 Å². The Balaban J connectivity index is 2.21. The summed E-state index contributed by atoms with van der Waals surface area (Å²) in [4.78, 5) is 1.09. The van der Waals surface area contributed by atoms with Crippen LogP contribution in [-0.2, 0) is 12.3 Å². The lowest BCUT2D eigenvalue weighted by atomic mass is 10.2. The number of aromatic nitrogens is 2. The van der Waals surface area contributed by atoms with Crippen molar-refractivity contribution in [1.29, 1.82) is 0 Å². The van der Waals surface area contributed by atoms with Crippen LogP contribution >= 0.6 is 23.4 Å². The second kappa shape index (κ2) is 5.88. The average molecular weight is 296 g/mol. The first-order chi connectivity index (χ1) is 9.02. The smallest absolute Gasteiger partial charge is 0.0855 e.